The number of pyridine rings is 1. The average Bonchev–Trinajstić information content (AvgIpc) is 2.38. The lowest BCUT2D eigenvalue weighted by molar-refractivity contribution is -0.0307. The summed E-state index contributed by atoms with van der Waals surface area (Å²) in [5.74, 6) is 0.639. The lowest BCUT2D eigenvalue weighted by Gasteiger charge is -2.61. The van der Waals surface area contributed by atoms with Crippen LogP contribution in [0.15, 0.2) is 24.3 Å². The first-order valence-electron chi connectivity index (χ1n) is 7.26. The molecule has 0 radical (unpaired) electrons. The number of aromatic hydroxyl groups is 2. The van der Waals surface area contributed by atoms with Crippen molar-refractivity contribution in [1.29, 1.82) is 5.26 Å². The number of phenolic OH excluding ortho intramolecular Hbond substituents is 2. The molecule has 2 aromatic rings. The maximum Gasteiger partial charge on any atom is 0.158 e. The van der Waals surface area contributed by atoms with Gasteiger partial charge in [-0.1, -0.05) is 6.07 Å². The number of phenols is 2. The standard InChI is InChI=1S/C17H15N3O2/c18-8-12-11(10-1-2-13(21)14(22)3-10)4-15(20-16(12)19)17-5-9(6-17)7-17/h1-4,9,21-22H,5-7H2,(H2,19,20). The summed E-state index contributed by atoms with van der Waals surface area (Å²) in [7, 11) is 0. The van der Waals surface area contributed by atoms with E-state index >= 15 is 0 Å². The monoisotopic (exact) mass is 293 g/mol. The highest BCUT2D eigenvalue weighted by atomic mass is 16.3. The van der Waals surface area contributed by atoms with Crippen molar-refractivity contribution in [3.8, 4) is 28.7 Å². The summed E-state index contributed by atoms with van der Waals surface area (Å²) in [5.41, 5.74) is 8.67. The normalized spacial score (nSPS) is 25.0. The number of nitriles is 1. The molecule has 1 aromatic carbocycles. The first-order valence-corrected chi connectivity index (χ1v) is 7.26. The van der Waals surface area contributed by atoms with Crippen molar-refractivity contribution in [2.45, 2.75) is 24.7 Å². The average molecular weight is 293 g/mol. The van der Waals surface area contributed by atoms with Crippen LogP contribution in [0.25, 0.3) is 11.1 Å². The summed E-state index contributed by atoms with van der Waals surface area (Å²) in [6.07, 6.45) is 3.43. The van der Waals surface area contributed by atoms with Crippen LogP contribution in [0, 0.1) is 17.2 Å². The molecule has 0 aliphatic heterocycles. The van der Waals surface area contributed by atoms with Gasteiger partial charge < -0.3 is 15.9 Å². The maximum absolute atomic E-state index is 9.71. The molecule has 3 saturated carbocycles. The van der Waals surface area contributed by atoms with Gasteiger partial charge in [0.25, 0.3) is 0 Å². The van der Waals surface area contributed by atoms with Gasteiger partial charge in [0, 0.05) is 16.7 Å². The number of benzene rings is 1. The van der Waals surface area contributed by atoms with E-state index in [9.17, 15) is 15.5 Å². The third-order valence-corrected chi connectivity index (χ3v) is 5.03. The van der Waals surface area contributed by atoms with Crippen LogP contribution in [0.1, 0.15) is 30.5 Å². The SMILES string of the molecule is N#Cc1c(-c2ccc(O)c(O)c2)cc(C23CC(C2)C3)nc1N. The van der Waals surface area contributed by atoms with Crippen LogP contribution in [0.3, 0.4) is 0 Å². The molecule has 110 valence electrons. The van der Waals surface area contributed by atoms with Gasteiger partial charge in [-0.2, -0.15) is 5.26 Å². The summed E-state index contributed by atoms with van der Waals surface area (Å²) in [6.45, 7) is 0. The van der Waals surface area contributed by atoms with E-state index in [0.29, 0.717) is 16.7 Å². The van der Waals surface area contributed by atoms with Crippen LogP contribution in [0.4, 0.5) is 5.82 Å². The highest BCUT2D eigenvalue weighted by Crippen LogP contribution is 2.65. The van der Waals surface area contributed by atoms with Gasteiger partial charge in [-0.15, -0.1) is 0 Å². The number of nitrogens with zero attached hydrogens (tertiary/aromatic N) is 2. The van der Waals surface area contributed by atoms with E-state index < -0.39 is 0 Å². The molecule has 5 heteroatoms. The number of hydrogen-bond acceptors (Lipinski definition) is 5. The van der Waals surface area contributed by atoms with Crippen LogP contribution >= 0.6 is 0 Å². The Labute approximate surface area is 127 Å². The maximum atomic E-state index is 9.71. The van der Waals surface area contributed by atoms with E-state index in [1.54, 1.807) is 6.07 Å². The molecule has 0 unspecified atom stereocenters. The molecule has 3 aliphatic carbocycles. The van der Waals surface area contributed by atoms with Gasteiger partial charge in [-0.25, -0.2) is 4.98 Å². The molecule has 0 amide bonds. The Morgan fingerprint density at radius 2 is 1.91 bits per heavy atom. The summed E-state index contributed by atoms with van der Waals surface area (Å²) < 4.78 is 0. The number of nitrogens with two attached hydrogens (primary N) is 1. The van der Waals surface area contributed by atoms with Crippen molar-refractivity contribution in [2.75, 3.05) is 5.73 Å². The van der Waals surface area contributed by atoms with E-state index in [2.05, 4.69) is 11.1 Å². The fraction of sp³-hybridized carbons (Fsp3) is 0.294. The topological polar surface area (TPSA) is 103 Å². The predicted molar refractivity (Wildman–Crippen MR) is 81.1 cm³/mol. The van der Waals surface area contributed by atoms with Crippen molar-refractivity contribution < 1.29 is 10.2 Å². The number of hydrogen-bond donors (Lipinski definition) is 3. The Morgan fingerprint density at radius 1 is 1.18 bits per heavy atom. The molecule has 5 rings (SSSR count). The molecule has 0 atom stereocenters. The minimum atomic E-state index is -0.219. The molecule has 0 saturated heterocycles. The number of aromatic nitrogens is 1. The van der Waals surface area contributed by atoms with Gasteiger partial charge in [0.1, 0.15) is 17.5 Å². The smallest absolute Gasteiger partial charge is 0.158 e. The third-order valence-electron chi connectivity index (χ3n) is 5.03. The van der Waals surface area contributed by atoms with Crippen molar-refractivity contribution in [1.82, 2.24) is 4.98 Å². The Balaban J connectivity index is 1.89. The largest absolute Gasteiger partial charge is 0.504 e. The summed E-state index contributed by atoms with van der Waals surface area (Å²) in [4.78, 5) is 4.45. The Morgan fingerprint density at radius 3 is 2.45 bits per heavy atom. The van der Waals surface area contributed by atoms with E-state index in [1.807, 2.05) is 6.07 Å². The van der Waals surface area contributed by atoms with Gasteiger partial charge in [0.2, 0.25) is 0 Å². The van der Waals surface area contributed by atoms with Crippen LogP contribution in [0.2, 0.25) is 0 Å². The molecule has 4 N–H and O–H groups in total. The van der Waals surface area contributed by atoms with Gasteiger partial charge in [-0.05, 0) is 48.9 Å². The zero-order chi connectivity index (χ0) is 15.5. The van der Waals surface area contributed by atoms with Crippen molar-refractivity contribution in [3.63, 3.8) is 0 Å². The van der Waals surface area contributed by atoms with Crippen LogP contribution < -0.4 is 5.73 Å². The first-order chi connectivity index (χ1) is 10.5. The Kier molecular flexibility index (Phi) is 2.44. The van der Waals surface area contributed by atoms with Crippen LogP contribution in [0.5, 0.6) is 11.5 Å². The van der Waals surface area contributed by atoms with E-state index in [0.717, 1.165) is 30.9 Å². The Bertz CT molecular complexity index is 822. The second kappa shape index (κ2) is 4.14. The minimum Gasteiger partial charge on any atom is -0.504 e. The van der Waals surface area contributed by atoms with Gasteiger partial charge >= 0.3 is 0 Å². The van der Waals surface area contributed by atoms with Gasteiger partial charge in [0.15, 0.2) is 11.5 Å². The third kappa shape index (κ3) is 1.61. The van der Waals surface area contributed by atoms with E-state index in [4.69, 9.17) is 5.73 Å². The fourth-order valence-corrected chi connectivity index (χ4v) is 3.66. The summed E-state index contributed by atoms with van der Waals surface area (Å²) in [5, 5.41) is 28.5. The number of nitrogen functional groups attached to an aromatic ring is 1. The number of anilines is 1. The summed E-state index contributed by atoms with van der Waals surface area (Å²) in [6, 6.07) is 8.52. The molecular weight excluding hydrogens is 278 g/mol. The molecule has 2 bridgehead atoms. The van der Waals surface area contributed by atoms with Crippen LogP contribution in [-0.2, 0) is 5.41 Å². The zero-order valence-corrected chi connectivity index (χ0v) is 11.9. The number of rotatable bonds is 2. The second-order valence-corrected chi connectivity index (χ2v) is 6.39. The highest BCUT2D eigenvalue weighted by molar-refractivity contribution is 5.77. The predicted octanol–water partition coefficient (Wildman–Crippen LogP) is 2.67. The van der Waals surface area contributed by atoms with Gasteiger partial charge in [0.05, 0.1) is 0 Å². The first kappa shape index (κ1) is 13.0. The molecule has 22 heavy (non-hydrogen) atoms. The minimum absolute atomic E-state index is 0.139. The molecular formula is C17H15N3O2. The van der Waals surface area contributed by atoms with Crippen molar-refractivity contribution in [3.05, 3.63) is 35.5 Å². The Hall–Kier alpha value is -2.74. The highest BCUT2D eigenvalue weighted by Gasteiger charge is 2.58. The van der Waals surface area contributed by atoms with Crippen LogP contribution in [-0.4, -0.2) is 15.2 Å². The second-order valence-electron chi connectivity index (χ2n) is 6.39. The van der Waals surface area contributed by atoms with Crippen molar-refractivity contribution in [2.24, 2.45) is 5.92 Å². The van der Waals surface area contributed by atoms with E-state index in [1.165, 1.54) is 12.1 Å². The molecule has 1 heterocycles. The molecule has 3 fully saturated rings. The fourth-order valence-electron chi connectivity index (χ4n) is 3.66. The molecule has 5 nitrogen and oxygen atoms in total. The molecule has 1 aromatic heterocycles. The quantitative estimate of drug-likeness (QED) is 0.739. The zero-order valence-electron chi connectivity index (χ0n) is 11.9. The molecule has 0 spiro atoms. The van der Waals surface area contributed by atoms with Gasteiger partial charge in [-0.3, -0.25) is 0 Å². The lowest BCUT2D eigenvalue weighted by Crippen LogP contribution is -2.55. The lowest BCUT2D eigenvalue weighted by atomic mass is 9.43. The van der Waals surface area contributed by atoms with Crippen molar-refractivity contribution >= 4 is 5.82 Å². The van der Waals surface area contributed by atoms with E-state index in [-0.39, 0.29) is 22.7 Å². The molecule has 3 aliphatic rings. The summed E-state index contributed by atoms with van der Waals surface area (Å²) >= 11 is 0.